The van der Waals surface area contributed by atoms with Gasteiger partial charge in [-0.2, -0.15) is 0 Å². The van der Waals surface area contributed by atoms with Crippen LogP contribution in [0.2, 0.25) is 0 Å². The molecule has 1 unspecified atom stereocenters. The predicted molar refractivity (Wildman–Crippen MR) is 74.2 cm³/mol. The van der Waals surface area contributed by atoms with E-state index in [0.29, 0.717) is 11.7 Å². The van der Waals surface area contributed by atoms with Crippen molar-refractivity contribution < 1.29 is 9.53 Å². The molecule has 104 valence electrons. The number of carbonyl (C=O) groups is 1. The number of hydrogen-bond acceptors (Lipinski definition) is 4. The summed E-state index contributed by atoms with van der Waals surface area (Å²) in [6, 6.07) is 3.53. The van der Waals surface area contributed by atoms with Crippen LogP contribution in [-0.2, 0) is 4.74 Å². The van der Waals surface area contributed by atoms with Crippen molar-refractivity contribution in [2.24, 2.45) is 5.73 Å². The van der Waals surface area contributed by atoms with Crippen LogP contribution < -0.4 is 10.6 Å². The monoisotopic (exact) mass is 263 g/mol. The summed E-state index contributed by atoms with van der Waals surface area (Å²) in [5, 5.41) is 0. The number of rotatable bonds is 5. The summed E-state index contributed by atoms with van der Waals surface area (Å²) >= 11 is 0. The van der Waals surface area contributed by atoms with Crippen molar-refractivity contribution in [1.82, 2.24) is 4.98 Å². The van der Waals surface area contributed by atoms with E-state index in [1.54, 1.807) is 6.07 Å². The van der Waals surface area contributed by atoms with Gasteiger partial charge in [0.15, 0.2) is 0 Å². The van der Waals surface area contributed by atoms with Gasteiger partial charge in [0.2, 0.25) is 5.91 Å². The van der Waals surface area contributed by atoms with E-state index >= 15 is 0 Å². The van der Waals surface area contributed by atoms with Crippen molar-refractivity contribution >= 4 is 11.7 Å². The molecule has 5 heteroatoms. The molecule has 1 aliphatic rings. The molecule has 1 amide bonds. The van der Waals surface area contributed by atoms with E-state index in [2.05, 4.69) is 9.88 Å². The molecule has 2 rings (SSSR count). The molecule has 0 aromatic carbocycles. The van der Waals surface area contributed by atoms with E-state index in [4.69, 9.17) is 10.5 Å². The third-order valence-corrected chi connectivity index (χ3v) is 3.48. The first-order valence-electron chi connectivity index (χ1n) is 6.75. The smallest absolute Gasteiger partial charge is 0.250 e. The lowest BCUT2D eigenvalue weighted by atomic mass is 10.1. The molecule has 19 heavy (non-hydrogen) atoms. The van der Waals surface area contributed by atoms with Gasteiger partial charge in [-0.1, -0.05) is 0 Å². The van der Waals surface area contributed by atoms with Gasteiger partial charge in [-0.25, -0.2) is 4.98 Å². The van der Waals surface area contributed by atoms with Crippen LogP contribution in [-0.4, -0.2) is 37.2 Å². The van der Waals surface area contributed by atoms with E-state index in [9.17, 15) is 4.79 Å². The lowest BCUT2D eigenvalue weighted by Gasteiger charge is -2.25. The van der Waals surface area contributed by atoms with Crippen LogP contribution >= 0.6 is 0 Å². The van der Waals surface area contributed by atoms with Crippen LogP contribution in [0.3, 0.4) is 0 Å². The average molecular weight is 263 g/mol. The van der Waals surface area contributed by atoms with Gasteiger partial charge in [0.1, 0.15) is 5.82 Å². The maximum Gasteiger partial charge on any atom is 0.250 e. The molecule has 1 aromatic rings. The third kappa shape index (κ3) is 3.92. The number of anilines is 1. The van der Waals surface area contributed by atoms with E-state index in [1.165, 1.54) is 19.0 Å². The Morgan fingerprint density at radius 2 is 2.37 bits per heavy atom. The maximum atomic E-state index is 11.0. The minimum absolute atomic E-state index is 0.376. The molecule has 0 saturated carbocycles. The number of carbonyl (C=O) groups excluding carboxylic acids is 1. The zero-order chi connectivity index (χ0) is 13.7. The van der Waals surface area contributed by atoms with E-state index in [0.717, 1.165) is 31.8 Å². The minimum Gasteiger partial charge on any atom is -0.378 e. The quantitative estimate of drug-likeness (QED) is 0.875. The van der Waals surface area contributed by atoms with E-state index in [1.807, 2.05) is 13.1 Å². The third-order valence-electron chi connectivity index (χ3n) is 3.48. The molecule has 0 aliphatic carbocycles. The van der Waals surface area contributed by atoms with E-state index < -0.39 is 5.91 Å². The fraction of sp³-hybridized carbons (Fsp3) is 0.571. The lowest BCUT2D eigenvalue weighted by molar-refractivity contribution is 0.0126. The van der Waals surface area contributed by atoms with Gasteiger partial charge >= 0.3 is 0 Å². The SMILES string of the molecule is CN(CCC1CCCCO1)c1ccc(C(N)=O)cn1. The predicted octanol–water partition coefficient (Wildman–Crippen LogP) is 1.58. The highest BCUT2D eigenvalue weighted by Gasteiger charge is 2.14. The number of ether oxygens (including phenoxy) is 1. The summed E-state index contributed by atoms with van der Waals surface area (Å²) in [6.07, 6.45) is 6.51. The topological polar surface area (TPSA) is 68.5 Å². The van der Waals surface area contributed by atoms with Crippen molar-refractivity contribution in [3.63, 3.8) is 0 Å². The molecule has 0 bridgehead atoms. The molecule has 2 N–H and O–H groups in total. The van der Waals surface area contributed by atoms with Gasteiger partial charge in [0.05, 0.1) is 11.7 Å². The number of pyridine rings is 1. The molecular formula is C14H21N3O2. The molecule has 1 aromatic heterocycles. The largest absolute Gasteiger partial charge is 0.378 e. The molecule has 1 saturated heterocycles. The van der Waals surface area contributed by atoms with Crippen LogP contribution in [0.15, 0.2) is 18.3 Å². The Morgan fingerprint density at radius 3 is 2.95 bits per heavy atom. The molecule has 2 heterocycles. The van der Waals surface area contributed by atoms with E-state index in [-0.39, 0.29) is 0 Å². The van der Waals surface area contributed by atoms with Crippen LogP contribution in [0, 0.1) is 0 Å². The zero-order valence-electron chi connectivity index (χ0n) is 11.3. The fourth-order valence-electron chi connectivity index (χ4n) is 2.24. The van der Waals surface area contributed by atoms with Gasteiger partial charge in [-0.3, -0.25) is 4.79 Å². The normalized spacial score (nSPS) is 19.1. The highest BCUT2D eigenvalue weighted by Crippen LogP contribution is 2.17. The summed E-state index contributed by atoms with van der Waals surface area (Å²) in [5.41, 5.74) is 5.62. The van der Waals surface area contributed by atoms with Gasteiger partial charge in [0, 0.05) is 26.4 Å². The minimum atomic E-state index is -0.447. The first-order chi connectivity index (χ1) is 9.16. The van der Waals surface area contributed by atoms with Gasteiger partial charge < -0.3 is 15.4 Å². The van der Waals surface area contributed by atoms with Crippen molar-refractivity contribution in [1.29, 1.82) is 0 Å². The van der Waals surface area contributed by atoms with Crippen LogP contribution in [0.4, 0.5) is 5.82 Å². The number of amides is 1. The van der Waals surface area contributed by atoms with Gasteiger partial charge in [-0.05, 0) is 37.8 Å². The molecule has 1 aliphatic heterocycles. The molecule has 1 atom stereocenters. The Kier molecular flexibility index (Phi) is 4.74. The van der Waals surface area contributed by atoms with Crippen molar-refractivity contribution in [2.75, 3.05) is 25.1 Å². The Hall–Kier alpha value is -1.62. The molecule has 5 nitrogen and oxygen atoms in total. The van der Waals surface area contributed by atoms with Gasteiger partial charge in [-0.15, -0.1) is 0 Å². The van der Waals surface area contributed by atoms with Crippen molar-refractivity contribution in [3.8, 4) is 0 Å². The number of primary amides is 1. The lowest BCUT2D eigenvalue weighted by Crippen LogP contribution is -2.27. The number of aromatic nitrogens is 1. The number of hydrogen-bond donors (Lipinski definition) is 1. The second-order valence-corrected chi connectivity index (χ2v) is 4.97. The average Bonchev–Trinajstić information content (AvgIpc) is 2.46. The van der Waals surface area contributed by atoms with Gasteiger partial charge in [0.25, 0.3) is 0 Å². The second-order valence-electron chi connectivity index (χ2n) is 4.97. The van der Waals surface area contributed by atoms with Crippen LogP contribution in [0.25, 0.3) is 0 Å². The molecule has 1 fully saturated rings. The standard InChI is InChI=1S/C14H21N3O2/c1-17(8-7-12-4-2-3-9-19-12)13-6-5-11(10-16-13)14(15)18/h5-6,10,12H,2-4,7-9H2,1H3,(H2,15,18). The Bertz CT molecular complexity index is 413. The summed E-state index contributed by atoms with van der Waals surface area (Å²) in [6.45, 7) is 1.79. The Labute approximate surface area is 113 Å². The van der Waals surface area contributed by atoms with Crippen molar-refractivity contribution in [3.05, 3.63) is 23.9 Å². The summed E-state index contributed by atoms with van der Waals surface area (Å²) in [7, 11) is 2.00. The first-order valence-corrected chi connectivity index (χ1v) is 6.75. The zero-order valence-corrected chi connectivity index (χ0v) is 11.3. The van der Waals surface area contributed by atoms with Crippen molar-refractivity contribution in [2.45, 2.75) is 31.8 Å². The first kappa shape index (κ1) is 13.8. The number of nitrogens with two attached hydrogens (primary N) is 1. The van der Waals surface area contributed by atoms with Crippen LogP contribution in [0.1, 0.15) is 36.0 Å². The molecular weight excluding hydrogens is 242 g/mol. The highest BCUT2D eigenvalue weighted by molar-refractivity contribution is 5.92. The fourth-order valence-corrected chi connectivity index (χ4v) is 2.24. The second kappa shape index (κ2) is 6.52. The summed E-state index contributed by atoms with van der Waals surface area (Å²) in [5.74, 6) is 0.401. The van der Waals surface area contributed by atoms with Crippen LogP contribution in [0.5, 0.6) is 0 Å². The highest BCUT2D eigenvalue weighted by atomic mass is 16.5. The summed E-state index contributed by atoms with van der Waals surface area (Å²) < 4.78 is 5.71. The number of nitrogens with zero attached hydrogens (tertiary/aromatic N) is 2. The molecule has 0 radical (unpaired) electrons. The Morgan fingerprint density at radius 1 is 1.53 bits per heavy atom. The summed E-state index contributed by atoms with van der Waals surface area (Å²) in [4.78, 5) is 17.3. The maximum absolute atomic E-state index is 11.0. The molecule has 0 spiro atoms. The Balaban J connectivity index is 1.84.